The van der Waals surface area contributed by atoms with Gasteiger partial charge in [0.25, 0.3) is 0 Å². The molecule has 0 aromatic heterocycles. The Morgan fingerprint density at radius 1 is 1.50 bits per heavy atom. The minimum Gasteiger partial charge on any atom is -0.497 e. The second-order valence-electron chi connectivity index (χ2n) is 3.78. The first kappa shape index (κ1) is 12.4. The molecule has 4 heteroatoms. The molecule has 87 valence electrons. The molecule has 0 aliphatic rings. The predicted molar refractivity (Wildman–Crippen MR) is 61.6 cm³/mol. The Morgan fingerprint density at radius 3 is 2.88 bits per heavy atom. The lowest BCUT2D eigenvalue weighted by Gasteiger charge is -2.09. The van der Waals surface area contributed by atoms with Gasteiger partial charge in [-0.25, -0.2) is 4.79 Å². The third-order valence-corrected chi connectivity index (χ3v) is 1.79. The van der Waals surface area contributed by atoms with E-state index < -0.39 is 6.09 Å². The van der Waals surface area contributed by atoms with Gasteiger partial charge in [0, 0.05) is 11.8 Å². The normalized spacial score (nSPS) is 10.0. The number of amides is 1. The van der Waals surface area contributed by atoms with E-state index in [0.717, 1.165) is 0 Å². The van der Waals surface area contributed by atoms with Gasteiger partial charge in [0.05, 0.1) is 13.7 Å². The van der Waals surface area contributed by atoms with Crippen LogP contribution in [0.4, 0.5) is 10.5 Å². The third-order valence-electron chi connectivity index (χ3n) is 1.79. The van der Waals surface area contributed by atoms with Gasteiger partial charge in [-0.3, -0.25) is 5.32 Å². The smallest absolute Gasteiger partial charge is 0.411 e. The van der Waals surface area contributed by atoms with Gasteiger partial charge in [-0.2, -0.15) is 0 Å². The number of anilines is 1. The summed E-state index contributed by atoms with van der Waals surface area (Å²) in [6, 6.07) is 7.89. The Hall–Kier alpha value is -1.71. The lowest BCUT2D eigenvalue weighted by molar-refractivity contribution is 0.147. The fourth-order valence-electron chi connectivity index (χ4n) is 1.04. The summed E-state index contributed by atoms with van der Waals surface area (Å²) in [5.41, 5.74) is 0.605. The molecular formula is C12H16NO3. The molecule has 0 aliphatic heterocycles. The van der Waals surface area contributed by atoms with Gasteiger partial charge in [-0.15, -0.1) is 0 Å². The van der Waals surface area contributed by atoms with Gasteiger partial charge in [0.2, 0.25) is 0 Å². The predicted octanol–water partition coefficient (Wildman–Crippen LogP) is 2.70. The topological polar surface area (TPSA) is 47.6 Å². The van der Waals surface area contributed by atoms with E-state index in [0.29, 0.717) is 24.0 Å². The van der Waals surface area contributed by atoms with Crippen LogP contribution in [0.15, 0.2) is 18.2 Å². The second-order valence-corrected chi connectivity index (χ2v) is 3.78. The summed E-state index contributed by atoms with van der Waals surface area (Å²) in [5, 5.41) is 2.60. The molecule has 0 spiro atoms. The maximum absolute atomic E-state index is 11.3. The number of benzene rings is 1. The highest BCUT2D eigenvalue weighted by atomic mass is 16.5. The van der Waals surface area contributed by atoms with E-state index in [-0.39, 0.29) is 0 Å². The van der Waals surface area contributed by atoms with E-state index in [9.17, 15) is 4.79 Å². The third kappa shape index (κ3) is 4.21. The lowest BCUT2D eigenvalue weighted by atomic mass is 10.2. The second kappa shape index (κ2) is 6.00. The van der Waals surface area contributed by atoms with Gasteiger partial charge in [-0.1, -0.05) is 13.8 Å². The van der Waals surface area contributed by atoms with Crippen LogP contribution in [0.25, 0.3) is 0 Å². The molecule has 0 heterocycles. The van der Waals surface area contributed by atoms with E-state index in [1.165, 1.54) is 0 Å². The van der Waals surface area contributed by atoms with Crippen LogP contribution in [0.3, 0.4) is 0 Å². The lowest BCUT2D eigenvalue weighted by Crippen LogP contribution is -2.16. The summed E-state index contributed by atoms with van der Waals surface area (Å²) in [7, 11) is 1.56. The van der Waals surface area contributed by atoms with E-state index >= 15 is 0 Å². The van der Waals surface area contributed by atoms with Crippen LogP contribution in [0.1, 0.15) is 13.8 Å². The number of hydrogen-bond acceptors (Lipinski definition) is 3. The molecule has 16 heavy (non-hydrogen) atoms. The number of rotatable bonds is 4. The van der Waals surface area contributed by atoms with E-state index in [4.69, 9.17) is 9.47 Å². The number of carbonyl (C=O) groups excluding carboxylic acids is 1. The molecular weight excluding hydrogens is 206 g/mol. The summed E-state index contributed by atoms with van der Waals surface area (Å²) in [6.45, 7) is 4.36. The molecule has 0 aliphatic carbocycles. The highest BCUT2D eigenvalue weighted by Gasteiger charge is 2.04. The van der Waals surface area contributed by atoms with Gasteiger partial charge >= 0.3 is 6.09 Å². The molecule has 1 amide bonds. The van der Waals surface area contributed by atoms with Crippen LogP contribution in [0.5, 0.6) is 5.75 Å². The molecule has 0 saturated carbocycles. The number of carbonyl (C=O) groups is 1. The molecule has 1 N–H and O–H groups in total. The quantitative estimate of drug-likeness (QED) is 0.852. The van der Waals surface area contributed by atoms with E-state index in [2.05, 4.69) is 11.4 Å². The van der Waals surface area contributed by atoms with Gasteiger partial charge in [0.15, 0.2) is 0 Å². The highest BCUT2D eigenvalue weighted by molar-refractivity contribution is 5.84. The molecule has 1 radical (unpaired) electrons. The fourth-order valence-corrected chi connectivity index (χ4v) is 1.04. The monoisotopic (exact) mass is 222 g/mol. The first-order chi connectivity index (χ1) is 7.61. The minimum absolute atomic E-state index is 0.322. The highest BCUT2D eigenvalue weighted by Crippen LogP contribution is 2.16. The van der Waals surface area contributed by atoms with Crippen LogP contribution in [-0.4, -0.2) is 19.8 Å². The summed E-state index contributed by atoms with van der Waals surface area (Å²) >= 11 is 0. The number of ether oxygens (including phenoxy) is 2. The van der Waals surface area contributed by atoms with Gasteiger partial charge < -0.3 is 9.47 Å². The first-order valence-corrected chi connectivity index (χ1v) is 5.10. The zero-order chi connectivity index (χ0) is 12.0. The molecule has 1 aromatic rings. The fraction of sp³-hybridized carbons (Fsp3) is 0.417. The van der Waals surface area contributed by atoms with Crippen molar-refractivity contribution in [2.45, 2.75) is 13.8 Å². The largest absolute Gasteiger partial charge is 0.497 e. The molecule has 0 atom stereocenters. The molecule has 0 fully saturated rings. The Kier molecular flexibility index (Phi) is 4.64. The van der Waals surface area contributed by atoms with Crippen LogP contribution >= 0.6 is 0 Å². The average Bonchev–Trinajstić information content (AvgIpc) is 2.26. The van der Waals surface area contributed by atoms with Crippen molar-refractivity contribution in [1.29, 1.82) is 0 Å². The van der Waals surface area contributed by atoms with Crippen molar-refractivity contribution in [3.8, 4) is 5.75 Å². The van der Waals surface area contributed by atoms with E-state index in [1.807, 2.05) is 13.8 Å². The zero-order valence-electron chi connectivity index (χ0n) is 9.74. The van der Waals surface area contributed by atoms with Crippen molar-refractivity contribution in [2.24, 2.45) is 5.92 Å². The van der Waals surface area contributed by atoms with Crippen molar-refractivity contribution in [2.75, 3.05) is 19.0 Å². The first-order valence-electron chi connectivity index (χ1n) is 5.10. The van der Waals surface area contributed by atoms with Gasteiger partial charge in [0.1, 0.15) is 5.75 Å². The minimum atomic E-state index is -0.463. The molecule has 4 nitrogen and oxygen atoms in total. The van der Waals surface area contributed by atoms with Gasteiger partial charge in [-0.05, 0) is 24.1 Å². The van der Waals surface area contributed by atoms with E-state index in [1.54, 1.807) is 25.3 Å². The SMILES string of the molecule is COc1c[c]cc(NC(=O)OCC(C)C)c1. The molecule has 1 aromatic carbocycles. The Balaban J connectivity index is 2.49. The van der Waals surface area contributed by atoms with Crippen molar-refractivity contribution >= 4 is 11.8 Å². The van der Waals surface area contributed by atoms with Crippen LogP contribution < -0.4 is 10.1 Å². The van der Waals surface area contributed by atoms with Crippen LogP contribution in [0.2, 0.25) is 0 Å². The summed E-state index contributed by atoms with van der Waals surface area (Å²) < 4.78 is 9.99. The number of hydrogen-bond donors (Lipinski definition) is 1. The van der Waals surface area contributed by atoms with Crippen LogP contribution in [-0.2, 0) is 4.74 Å². The Morgan fingerprint density at radius 2 is 2.25 bits per heavy atom. The molecule has 0 unspecified atom stereocenters. The summed E-state index contributed by atoms with van der Waals surface area (Å²) in [6.07, 6.45) is -0.463. The standard InChI is InChI=1S/C12H16NO3/c1-9(2)8-16-12(14)13-10-5-4-6-11(7-10)15-3/h5-7,9H,8H2,1-3H3,(H,13,14). The Labute approximate surface area is 95.6 Å². The zero-order valence-corrected chi connectivity index (χ0v) is 9.74. The molecule has 0 bridgehead atoms. The van der Waals surface area contributed by atoms with Crippen molar-refractivity contribution in [3.63, 3.8) is 0 Å². The maximum atomic E-state index is 11.3. The van der Waals surface area contributed by atoms with Crippen molar-refractivity contribution in [3.05, 3.63) is 24.3 Å². The maximum Gasteiger partial charge on any atom is 0.411 e. The molecule has 0 saturated heterocycles. The Bertz CT molecular complexity index is 350. The summed E-state index contributed by atoms with van der Waals surface area (Å²) in [5.74, 6) is 0.962. The van der Waals surface area contributed by atoms with Crippen molar-refractivity contribution < 1.29 is 14.3 Å². The number of methoxy groups -OCH3 is 1. The molecule has 1 rings (SSSR count). The average molecular weight is 222 g/mol. The van der Waals surface area contributed by atoms with Crippen molar-refractivity contribution in [1.82, 2.24) is 0 Å². The van der Waals surface area contributed by atoms with Crippen LogP contribution in [0, 0.1) is 12.0 Å². The summed E-state index contributed by atoms with van der Waals surface area (Å²) in [4.78, 5) is 11.3. The number of nitrogens with one attached hydrogen (secondary N) is 1.